The van der Waals surface area contributed by atoms with E-state index in [1.165, 1.54) is 17.5 Å². The molecule has 1 rings (SSSR count). The Bertz CT molecular complexity index is 225. The molecule has 1 radical (unpaired) electrons. The van der Waals surface area contributed by atoms with Gasteiger partial charge in [0, 0.05) is 0 Å². The minimum absolute atomic E-state index is 0.684. The quantitative estimate of drug-likeness (QED) is 0.602. The van der Waals surface area contributed by atoms with Gasteiger partial charge in [0.2, 0.25) is 0 Å². The second kappa shape index (κ2) is 3.56. The number of aryl methyl sites for hydroxylation is 1. The minimum atomic E-state index is 0.684. The average Bonchev–Trinajstić information content (AvgIpc) is 2.03. The summed E-state index contributed by atoms with van der Waals surface area (Å²) >= 11 is 0. The maximum Gasteiger partial charge on any atom is -0.0152 e. The van der Waals surface area contributed by atoms with Crippen molar-refractivity contribution in [1.82, 2.24) is 0 Å². The highest BCUT2D eigenvalue weighted by Gasteiger charge is 2.00. The van der Waals surface area contributed by atoms with Crippen LogP contribution in [0.5, 0.6) is 0 Å². The SMILES string of the molecule is CCC(C)c1cc[c]c(C)c1. The fraction of sp³-hybridized carbons (Fsp3) is 0.455. The van der Waals surface area contributed by atoms with Gasteiger partial charge in [0.25, 0.3) is 0 Å². The fourth-order valence-corrected chi connectivity index (χ4v) is 1.15. The molecule has 11 heavy (non-hydrogen) atoms. The van der Waals surface area contributed by atoms with Crippen LogP contribution in [0.1, 0.15) is 37.3 Å². The van der Waals surface area contributed by atoms with E-state index in [2.05, 4.69) is 39.0 Å². The van der Waals surface area contributed by atoms with E-state index in [-0.39, 0.29) is 0 Å². The van der Waals surface area contributed by atoms with Crippen LogP contribution >= 0.6 is 0 Å². The molecule has 0 fully saturated rings. The molecule has 0 heterocycles. The van der Waals surface area contributed by atoms with Crippen LogP contribution in [0, 0.1) is 13.0 Å². The first-order valence-corrected chi connectivity index (χ1v) is 4.22. The van der Waals surface area contributed by atoms with E-state index in [1.54, 1.807) is 0 Å². The highest BCUT2D eigenvalue weighted by atomic mass is 14.1. The first-order chi connectivity index (χ1) is 5.24. The maximum absolute atomic E-state index is 3.15. The molecule has 0 aromatic heterocycles. The van der Waals surface area contributed by atoms with Crippen molar-refractivity contribution in [3.63, 3.8) is 0 Å². The third-order valence-corrected chi connectivity index (χ3v) is 2.15. The number of hydrogen-bond donors (Lipinski definition) is 0. The Hall–Kier alpha value is -0.780. The Labute approximate surface area is 69.3 Å². The standard InChI is InChI=1S/C11H15/c1-4-10(3)11-7-5-6-9(2)8-11/h5,7-8,10H,4H2,1-3H3. The van der Waals surface area contributed by atoms with Gasteiger partial charge in [-0.05, 0) is 36.5 Å². The molecule has 0 nitrogen and oxygen atoms in total. The van der Waals surface area contributed by atoms with Crippen molar-refractivity contribution in [1.29, 1.82) is 0 Å². The normalized spacial score (nSPS) is 13.0. The number of rotatable bonds is 2. The largest absolute Gasteiger partial charge is 0.0648 e. The molecule has 0 aliphatic rings. The Kier molecular flexibility index (Phi) is 2.70. The van der Waals surface area contributed by atoms with Gasteiger partial charge in [-0.3, -0.25) is 0 Å². The molecule has 1 aromatic carbocycles. The first kappa shape index (κ1) is 8.32. The molecule has 1 unspecified atom stereocenters. The summed E-state index contributed by atoms with van der Waals surface area (Å²) in [7, 11) is 0. The van der Waals surface area contributed by atoms with E-state index in [1.807, 2.05) is 6.07 Å². The summed E-state index contributed by atoms with van der Waals surface area (Å²) in [6.45, 7) is 6.57. The van der Waals surface area contributed by atoms with Crippen LogP contribution in [-0.2, 0) is 0 Å². The van der Waals surface area contributed by atoms with Gasteiger partial charge in [-0.25, -0.2) is 0 Å². The summed E-state index contributed by atoms with van der Waals surface area (Å²) in [5, 5.41) is 0. The molecule has 0 N–H and O–H groups in total. The third kappa shape index (κ3) is 2.07. The predicted octanol–water partition coefficient (Wildman–Crippen LogP) is 3.31. The topological polar surface area (TPSA) is 0 Å². The van der Waals surface area contributed by atoms with Crippen molar-refractivity contribution in [3.8, 4) is 0 Å². The van der Waals surface area contributed by atoms with Crippen LogP contribution in [0.3, 0.4) is 0 Å². The van der Waals surface area contributed by atoms with Gasteiger partial charge >= 0.3 is 0 Å². The second-order valence-electron chi connectivity index (χ2n) is 3.11. The lowest BCUT2D eigenvalue weighted by Gasteiger charge is -2.08. The van der Waals surface area contributed by atoms with Crippen LogP contribution in [0.25, 0.3) is 0 Å². The molecule has 0 aliphatic heterocycles. The Morgan fingerprint density at radius 3 is 2.82 bits per heavy atom. The van der Waals surface area contributed by atoms with E-state index in [9.17, 15) is 0 Å². The highest BCUT2D eigenvalue weighted by molar-refractivity contribution is 5.23. The molecule has 0 spiro atoms. The van der Waals surface area contributed by atoms with E-state index in [0.717, 1.165) is 0 Å². The zero-order valence-electron chi connectivity index (χ0n) is 7.52. The zero-order chi connectivity index (χ0) is 8.27. The zero-order valence-corrected chi connectivity index (χ0v) is 7.52. The van der Waals surface area contributed by atoms with Gasteiger partial charge in [0.05, 0.1) is 0 Å². The summed E-state index contributed by atoms with van der Waals surface area (Å²) in [5.41, 5.74) is 2.67. The van der Waals surface area contributed by atoms with E-state index >= 15 is 0 Å². The van der Waals surface area contributed by atoms with Crippen LogP contribution in [0.2, 0.25) is 0 Å². The summed E-state index contributed by atoms with van der Waals surface area (Å²) < 4.78 is 0. The van der Waals surface area contributed by atoms with Crippen molar-refractivity contribution in [2.24, 2.45) is 0 Å². The minimum Gasteiger partial charge on any atom is -0.0648 e. The van der Waals surface area contributed by atoms with Crippen LogP contribution in [-0.4, -0.2) is 0 Å². The lowest BCUT2D eigenvalue weighted by molar-refractivity contribution is 0.733. The van der Waals surface area contributed by atoms with E-state index < -0.39 is 0 Å². The molecule has 0 heteroatoms. The van der Waals surface area contributed by atoms with Gasteiger partial charge in [0.15, 0.2) is 0 Å². The maximum atomic E-state index is 3.15. The lowest BCUT2D eigenvalue weighted by Crippen LogP contribution is -1.90. The highest BCUT2D eigenvalue weighted by Crippen LogP contribution is 2.18. The molecule has 0 saturated heterocycles. The summed E-state index contributed by atoms with van der Waals surface area (Å²) in [6.07, 6.45) is 1.21. The van der Waals surface area contributed by atoms with Crippen LogP contribution in [0.4, 0.5) is 0 Å². The molecule has 1 atom stereocenters. The molecule has 0 amide bonds. The van der Waals surface area contributed by atoms with Crippen molar-refractivity contribution in [3.05, 3.63) is 35.4 Å². The number of benzene rings is 1. The lowest BCUT2D eigenvalue weighted by atomic mass is 9.97. The summed E-state index contributed by atoms with van der Waals surface area (Å²) in [5.74, 6) is 0.684. The van der Waals surface area contributed by atoms with E-state index in [0.29, 0.717) is 5.92 Å². The average molecular weight is 147 g/mol. The van der Waals surface area contributed by atoms with Gasteiger partial charge in [-0.15, -0.1) is 0 Å². The molecule has 0 saturated carbocycles. The van der Waals surface area contributed by atoms with Crippen molar-refractivity contribution < 1.29 is 0 Å². The summed E-state index contributed by atoms with van der Waals surface area (Å²) in [6, 6.07) is 9.53. The second-order valence-corrected chi connectivity index (χ2v) is 3.11. The Balaban J connectivity index is 2.86. The molecular formula is C11H15. The number of hydrogen-bond acceptors (Lipinski definition) is 0. The van der Waals surface area contributed by atoms with Crippen LogP contribution < -0.4 is 0 Å². The van der Waals surface area contributed by atoms with Gasteiger partial charge in [-0.2, -0.15) is 0 Å². The van der Waals surface area contributed by atoms with Crippen molar-refractivity contribution in [2.45, 2.75) is 33.1 Å². The third-order valence-electron chi connectivity index (χ3n) is 2.15. The predicted molar refractivity (Wildman–Crippen MR) is 48.7 cm³/mol. The molecule has 0 bridgehead atoms. The molecule has 1 aromatic rings. The summed E-state index contributed by atoms with van der Waals surface area (Å²) in [4.78, 5) is 0. The van der Waals surface area contributed by atoms with Crippen molar-refractivity contribution in [2.75, 3.05) is 0 Å². The van der Waals surface area contributed by atoms with Crippen molar-refractivity contribution >= 4 is 0 Å². The van der Waals surface area contributed by atoms with Crippen LogP contribution in [0.15, 0.2) is 18.2 Å². The Morgan fingerprint density at radius 2 is 2.27 bits per heavy atom. The van der Waals surface area contributed by atoms with Gasteiger partial charge in [0.1, 0.15) is 0 Å². The molecule has 59 valence electrons. The first-order valence-electron chi connectivity index (χ1n) is 4.22. The molecule has 0 aliphatic carbocycles. The fourth-order valence-electron chi connectivity index (χ4n) is 1.15. The van der Waals surface area contributed by atoms with Gasteiger partial charge in [-0.1, -0.05) is 32.0 Å². The smallest absolute Gasteiger partial charge is 0.0152 e. The monoisotopic (exact) mass is 147 g/mol. The molecular weight excluding hydrogens is 132 g/mol. The van der Waals surface area contributed by atoms with E-state index in [4.69, 9.17) is 0 Å². The Morgan fingerprint density at radius 1 is 1.55 bits per heavy atom. The van der Waals surface area contributed by atoms with Gasteiger partial charge < -0.3 is 0 Å².